The second kappa shape index (κ2) is 5.61. The molecule has 0 aromatic carbocycles. The van der Waals surface area contributed by atoms with Crippen LogP contribution in [0.3, 0.4) is 0 Å². The van der Waals surface area contributed by atoms with Crippen molar-refractivity contribution in [2.24, 2.45) is 5.92 Å². The molecule has 0 aromatic rings. The fourth-order valence-electron chi connectivity index (χ4n) is 1.83. The molecule has 0 radical (unpaired) electrons. The second-order valence-corrected chi connectivity index (χ2v) is 4.32. The molecule has 0 aromatic heterocycles. The molecule has 78 valence electrons. The molecule has 0 heterocycles. The first-order valence-electron chi connectivity index (χ1n) is 5.62. The first-order chi connectivity index (χ1) is 6.27. The minimum Gasteiger partial charge on any atom is -0.395 e. The zero-order chi connectivity index (χ0) is 9.68. The lowest BCUT2D eigenvalue weighted by molar-refractivity contribution is 0.0869. The van der Waals surface area contributed by atoms with Gasteiger partial charge in [-0.25, -0.2) is 0 Å². The SMILES string of the molecule is CCC(C)CN(CCO)C1CCC1. The summed E-state index contributed by atoms with van der Waals surface area (Å²) in [4.78, 5) is 2.47. The average Bonchev–Trinajstić information content (AvgIpc) is 2.01. The Bertz CT molecular complexity index is 134. The standard InChI is InChI=1S/C11H23NO/c1-3-10(2)9-12(7-8-13)11-5-4-6-11/h10-11,13H,3-9H2,1-2H3. The van der Waals surface area contributed by atoms with Crippen molar-refractivity contribution >= 4 is 0 Å². The number of aliphatic hydroxyl groups excluding tert-OH is 1. The van der Waals surface area contributed by atoms with E-state index in [1.54, 1.807) is 0 Å². The molecule has 1 saturated carbocycles. The predicted octanol–water partition coefficient (Wildman–Crippen LogP) is 1.88. The maximum absolute atomic E-state index is 8.95. The van der Waals surface area contributed by atoms with E-state index in [9.17, 15) is 0 Å². The van der Waals surface area contributed by atoms with Crippen LogP contribution in [0.25, 0.3) is 0 Å². The van der Waals surface area contributed by atoms with Crippen molar-refractivity contribution in [3.8, 4) is 0 Å². The lowest BCUT2D eigenvalue weighted by Crippen LogP contribution is -2.43. The summed E-state index contributed by atoms with van der Waals surface area (Å²) in [6.45, 7) is 6.88. The molecule has 0 aliphatic heterocycles. The molecule has 1 N–H and O–H groups in total. The van der Waals surface area contributed by atoms with Gasteiger partial charge in [-0.05, 0) is 18.8 Å². The van der Waals surface area contributed by atoms with Gasteiger partial charge in [-0.2, -0.15) is 0 Å². The monoisotopic (exact) mass is 185 g/mol. The third-order valence-corrected chi connectivity index (χ3v) is 3.22. The van der Waals surface area contributed by atoms with Crippen LogP contribution in [0.5, 0.6) is 0 Å². The third-order valence-electron chi connectivity index (χ3n) is 3.22. The Hall–Kier alpha value is -0.0800. The predicted molar refractivity (Wildman–Crippen MR) is 55.8 cm³/mol. The van der Waals surface area contributed by atoms with Gasteiger partial charge in [0.2, 0.25) is 0 Å². The number of hydrogen-bond donors (Lipinski definition) is 1. The number of hydrogen-bond acceptors (Lipinski definition) is 2. The van der Waals surface area contributed by atoms with Gasteiger partial charge in [0.05, 0.1) is 6.61 Å². The highest BCUT2D eigenvalue weighted by Crippen LogP contribution is 2.25. The molecule has 0 bridgehead atoms. The van der Waals surface area contributed by atoms with Crippen LogP contribution in [0.4, 0.5) is 0 Å². The van der Waals surface area contributed by atoms with Crippen molar-refractivity contribution < 1.29 is 5.11 Å². The summed E-state index contributed by atoms with van der Waals surface area (Å²) in [6.07, 6.45) is 5.31. The molecular weight excluding hydrogens is 162 g/mol. The highest BCUT2D eigenvalue weighted by molar-refractivity contribution is 4.80. The largest absolute Gasteiger partial charge is 0.395 e. The van der Waals surface area contributed by atoms with E-state index in [2.05, 4.69) is 18.7 Å². The zero-order valence-electron chi connectivity index (χ0n) is 9.00. The van der Waals surface area contributed by atoms with Crippen molar-refractivity contribution in [2.75, 3.05) is 19.7 Å². The van der Waals surface area contributed by atoms with Crippen molar-refractivity contribution in [2.45, 2.75) is 45.6 Å². The van der Waals surface area contributed by atoms with Gasteiger partial charge in [0.15, 0.2) is 0 Å². The maximum atomic E-state index is 8.95. The van der Waals surface area contributed by atoms with E-state index in [0.29, 0.717) is 6.61 Å². The van der Waals surface area contributed by atoms with E-state index in [4.69, 9.17) is 5.11 Å². The molecule has 0 amide bonds. The van der Waals surface area contributed by atoms with Crippen molar-refractivity contribution in [3.05, 3.63) is 0 Å². The summed E-state index contributed by atoms with van der Waals surface area (Å²) in [5.74, 6) is 0.771. The first-order valence-corrected chi connectivity index (χ1v) is 5.62. The van der Waals surface area contributed by atoms with Crippen LogP contribution < -0.4 is 0 Å². The lowest BCUT2D eigenvalue weighted by Gasteiger charge is -2.38. The number of nitrogens with zero attached hydrogens (tertiary/aromatic N) is 1. The molecule has 13 heavy (non-hydrogen) atoms. The summed E-state index contributed by atoms with van der Waals surface area (Å²) in [5, 5.41) is 8.95. The summed E-state index contributed by atoms with van der Waals surface area (Å²) in [7, 11) is 0. The van der Waals surface area contributed by atoms with Gasteiger partial charge in [0.1, 0.15) is 0 Å². The average molecular weight is 185 g/mol. The highest BCUT2D eigenvalue weighted by atomic mass is 16.3. The Morgan fingerprint density at radius 3 is 2.54 bits per heavy atom. The fourth-order valence-corrected chi connectivity index (χ4v) is 1.83. The van der Waals surface area contributed by atoms with Crippen LogP contribution >= 0.6 is 0 Å². The summed E-state index contributed by atoms with van der Waals surface area (Å²) >= 11 is 0. The Kier molecular flexibility index (Phi) is 4.74. The highest BCUT2D eigenvalue weighted by Gasteiger charge is 2.24. The molecule has 1 unspecified atom stereocenters. The molecular formula is C11H23NO. The van der Waals surface area contributed by atoms with Gasteiger partial charge in [0.25, 0.3) is 0 Å². The Morgan fingerprint density at radius 2 is 2.15 bits per heavy atom. The van der Waals surface area contributed by atoms with E-state index in [0.717, 1.165) is 18.5 Å². The van der Waals surface area contributed by atoms with Gasteiger partial charge in [-0.15, -0.1) is 0 Å². The van der Waals surface area contributed by atoms with E-state index in [1.807, 2.05) is 0 Å². The molecule has 1 aliphatic rings. The van der Waals surface area contributed by atoms with Crippen LogP contribution in [-0.2, 0) is 0 Å². The number of aliphatic hydroxyl groups is 1. The lowest BCUT2D eigenvalue weighted by atomic mass is 9.90. The molecule has 1 aliphatic carbocycles. The van der Waals surface area contributed by atoms with Gasteiger partial charge >= 0.3 is 0 Å². The van der Waals surface area contributed by atoms with Crippen molar-refractivity contribution in [3.63, 3.8) is 0 Å². The van der Waals surface area contributed by atoms with Gasteiger partial charge in [0, 0.05) is 19.1 Å². The van der Waals surface area contributed by atoms with Crippen LogP contribution in [0.2, 0.25) is 0 Å². The number of rotatable bonds is 6. The quantitative estimate of drug-likeness (QED) is 0.683. The minimum absolute atomic E-state index is 0.312. The third kappa shape index (κ3) is 3.28. The molecule has 0 spiro atoms. The maximum Gasteiger partial charge on any atom is 0.0558 e. The molecule has 0 saturated heterocycles. The van der Waals surface area contributed by atoms with E-state index >= 15 is 0 Å². The minimum atomic E-state index is 0.312. The topological polar surface area (TPSA) is 23.5 Å². The second-order valence-electron chi connectivity index (χ2n) is 4.32. The van der Waals surface area contributed by atoms with Crippen molar-refractivity contribution in [1.82, 2.24) is 4.90 Å². The molecule has 1 atom stereocenters. The Labute approximate surface area is 81.9 Å². The molecule has 2 heteroatoms. The van der Waals surface area contributed by atoms with E-state index < -0.39 is 0 Å². The Morgan fingerprint density at radius 1 is 1.46 bits per heavy atom. The molecule has 2 nitrogen and oxygen atoms in total. The zero-order valence-corrected chi connectivity index (χ0v) is 9.00. The van der Waals surface area contributed by atoms with Crippen molar-refractivity contribution in [1.29, 1.82) is 0 Å². The Balaban J connectivity index is 2.28. The van der Waals surface area contributed by atoms with E-state index in [-0.39, 0.29) is 0 Å². The summed E-state index contributed by atoms with van der Waals surface area (Å²) < 4.78 is 0. The first kappa shape index (κ1) is 11.0. The summed E-state index contributed by atoms with van der Waals surface area (Å²) in [5.41, 5.74) is 0. The fraction of sp³-hybridized carbons (Fsp3) is 1.00. The van der Waals surface area contributed by atoms with Gasteiger partial charge < -0.3 is 5.11 Å². The molecule has 1 fully saturated rings. The van der Waals surface area contributed by atoms with Gasteiger partial charge in [-0.3, -0.25) is 4.90 Å². The van der Waals surface area contributed by atoms with Crippen LogP contribution in [0.15, 0.2) is 0 Å². The van der Waals surface area contributed by atoms with Gasteiger partial charge in [-0.1, -0.05) is 26.7 Å². The van der Waals surface area contributed by atoms with Crippen LogP contribution in [0, 0.1) is 5.92 Å². The van der Waals surface area contributed by atoms with Crippen LogP contribution in [0.1, 0.15) is 39.5 Å². The van der Waals surface area contributed by atoms with Crippen LogP contribution in [-0.4, -0.2) is 35.7 Å². The normalized spacial score (nSPS) is 20.3. The molecule has 1 rings (SSSR count). The summed E-state index contributed by atoms with van der Waals surface area (Å²) in [6, 6.07) is 0.779. The smallest absolute Gasteiger partial charge is 0.0558 e. The van der Waals surface area contributed by atoms with E-state index in [1.165, 1.54) is 32.2 Å².